The van der Waals surface area contributed by atoms with Crippen LogP contribution in [0.25, 0.3) is 0 Å². The molecule has 4 nitrogen and oxygen atoms in total. The van der Waals surface area contributed by atoms with Crippen LogP contribution < -0.4 is 5.32 Å². The summed E-state index contributed by atoms with van der Waals surface area (Å²) in [6.07, 6.45) is 3.17. The number of para-hydroxylation sites is 1. The molecule has 3 heterocycles. The van der Waals surface area contributed by atoms with Crippen molar-refractivity contribution in [2.45, 2.75) is 24.0 Å². The van der Waals surface area contributed by atoms with Crippen LogP contribution in [0.5, 0.6) is 0 Å². The van der Waals surface area contributed by atoms with Gasteiger partial charge in [0.15, 0.2) is 0 Å². The summed E-state index contributed by atoms with van der Waals surface area (Å²) < 4.78 is 6.34. The monoisotopic (exact) mass is 322 g/mol. The maximum atomic E-state index is 13.4. The third kappa shape index (κ3) is 1.12. The van der Waals surface area contributed by atoms with Crippen molar-refractivity contribution in [2.24, 2.45) is 23.2 Å². The van der Waals surface area contributed by atoms with Crippen LogP contribution in [0.4, 0.5) is 5.69 Å². The highest BCUT2D eigenvalue weighted by Gasteiger charge is 2.79. The Morgan fingerprint density at radius 3 is 3.08 bits per heavy atom. The van der Waals surface area contributed by atoms with Crippen molar-refractivity contribution in [3.63, 3.8) is 0 Å². The van der Waals surface area contributed by atoms with Gasteiger partial charge in [0, 0.05) is 35.5 Å². The number of anilines is 1. The predicted octanol–water partition coefficient (Wildman–Crippen LogP) is 2.03. The van der Waals surface area contributed by atoms with Gasteiger partial charge in [-0.05, 0) is 31.0 Å². The van der Waals surface area contributed by atoms with Crippen LogP contribution >= 0.6 is 0 Å². The number of carbonyl (C=O) groups excluding carboxylic acids is 1. The molecule has 1 aromatic rings. The number of rotatable bonds is 1. The van der Waals surface area contributed by atoms with E-state index in [0.717, 1.165) is 30.8 Å². The Morgan fingerprint density at radius 1 is 1.42 bits per heavy atom. The summed E-state index contributed by atoms with van der Waals surface area (Å²) in [7, 11) is 2.21. The number of carbonyl (C=O) groups is 1. The van der Waals surface area contributed by atoms with Crippen LogP contribution in [0, 0.1) is 23.2 Å². The number of likely N-dealkylation sites (tertiary alicyclic amines) is 1. The summed E-state index contributed by atoms with van der Waals surface area (Å²) >= 11 is 0. The third-order valence-corrected chi connectivity index (χ3v) is 7.93. The maximum Gasteiger partial charge on any atom is 0.238 e. The maximum absolute atomic E-state index is 13.4. The highest BCUT2D eigenvalue weighted by Crippen LogP contribution is 2.73. The molecule has 5 aliphatic rings. The fourth-order valence-electron chi connectivity index (χ4n) is 7.38. The molecule has 124 valence electrons. The smallest absolute Gasteiger partial charge is 0.238 e. The van der Waals surface area contributed by atoms with Crippen molar-refractivity contribution in [3.8, 4) is 0 Å². The number of hydrogen-bond acceptors (Lipinski definition) is 3. The first-order valence-corrected chi connectivity index (χ1v) is 9.01. The molecular weight excluding hydrogens is 300 g/mol. The van der Waals surface area contributed by atoms with E-state index in [0.29, 0.717) is 17.9 Å². The molecule has 5 bridgehead atoms. The topological polar surface area (TPSA) is 41.6 Å². The molecular formula is C20H22N2O2. The van der Waals surface area contributed by atoms with Gasteiger partial charge < -0.3 is 15.0 Å². The minimum Gasteiger partial charge on any atom is -0.376 e. The standard InChI is InChI=1S/C20H22N2O2/c1-3-19-10-22(2)16-11-9-24-15(8-13(11)19)20(17(16)19)12-6-4-5-7-14(12)21-18(20)23/h3-7,11,13,15-17H,1,8-10H2,2H3,(H,21,23)/t11-,13+,15+,16+,17-,19-,20-/m1/s1. The summed E-state index contributed by atoms with van der Waals surface area (Å²) in [5.41, 5.74) is 1.61. The van der Waals surface area contributed by atoms with Crippen molar-refractivity contribution < 1.29 is 9.53 Å². The molecule has 0 radical (unpaired) electrons. The first-order chi connectivity index (χ1) is 11.6. The number of fused-ring (bicyclic) bond motifs is 5. The number of nitrogens with zero attached hydrogens (tertiary/aromatic N) is 1. The number of nitrogens with one attached hydrogen (secondary N) is 1. The van der Waals surface area contributed by atoms with Crippen LogP contribution in [-0.4, -0.2) is 43.2 Å². The van der Waals surface area contributed by atoms with E-state index in [-0.39, 0.29) is 23.3 Å². The van der Waals surface area contributed by atoms with E-state index < -0.39 is 5.41 Å². The first-order valence-electron chi connectivity index (χ1n) is 9.01. The molecule has 6 rings (SSSR count). The minimum atomic E-state index is -0.554. The number of ether oxygens (including phenoxy) is 1. The lowest BCUT2D eigenvalue weighted by Crippen LogP contribution is -2.62. The average Bonchev–Trinajstić information content (AvgIpc) is 3.08. The van der Waals surface area contributed by atoms with Crippen molar-refractivity contribution in [2.75, 3.05) is 25.5 Å². The predicted molar refractivity (Wildman–Crippen MR) is 90.6 cm³/mol. The Hall–Kier alpha value is -1.65. The van der Waals surface area contributed by atoms with E-state index in [9.17, 15) is 4.79 Å². The summed E-state index contributed by atoms with van der Waals surface area (Å²) in [5.74, 6) is 1.56. The second-order valence-electron chi connectivity index (χ2n) is 8.40. The van der Waals surface area contributed by atoms with Crippen molar-refractivity contribution in [3.05, 3.63) is 42.5 Å². The van der Waals surface area contributed by atoms with Gasteiger partial charge in [-0.15, -0.1) is 6.58 Å². The zero-order chi connectivity index (χ0) is 16.3. The highest BCUT2D eigenvalue weighted by atomic mass is 16.5. The normalized spacial score (nSPS) is 50.4. The molecule has 2 saturated heterocycles. The lowest BCUT2D eigenvalue weighted by Gasteiger charge is -2.54. The molecule has 1 amide bonds. The molecule has 0 unspecified atom stereocenters. The molecule has 1 aromatic carbocycles. The Kier molecular flexibility index (Phi) is 2.24. The Labute approximate surface area is 141 Å². The van der Waals surface area contributed by atoms with Gasteiger partial charge in [-0.2, -0.15) is 0 Å². The quantitative estimate of drug-likeness (QED) is 0.805. The molecule has 2 aliphatic carbocycles. The fourth-order valence-corrected chi connectivity index (χ4v) is 7.38. The number of benzene rings is 1. The van der Waals surface area contributed by atoms with Gasteiger partial charge in [0.1, 0.15) is 5.41 Å². The molecule has 1 N–H and O–H groups in total. The van der Waals surface area contributed by atoms with Crippen LogP contribution in [0.1, 0.15) is 12.0 Å². The van der Waals surface area contributed by atoms with Crippen molar-refractivity contribution in [1.82, 2.24) is 4.90 Å². The third-order valence-electron chi connectivity index (χ3n) is 7.93. The van der Waals surface area contributed by atoms with Gasteiger partial charge in [0.05, 0.1) is 12.7 Å². The molecule has 4 heteroatoms. The van der Waals surface area contributed by atoms with Gasteiger partial charge in [-0.3, -0.25) is 4.79 Å². The molecule has 4 fully saturated rings. The second kappa shape index (κ2) is 3.94. The number of hydrogen-bond donors (Lipinski definition) is 1. The van der Waals surface area contributed by atoms with Gasteiger partial charge >= 0.3 is 0 Å². The SMILES string of the molecule is C=C[C@@]12CN(C)[C@H]3[C@@H]4CO[C@@H](C[C@@H]41)[C@@]1(C(=O)Nc4ccccc41)[C@H]32. The van der Waals surface area contributed by atoms with Crippen LogP contribution in [0.15, 0.2) is 36.9 Å². The van der Waals surface area contributed by atoms with Gasteiger partial charge in [0.2, 0.25) is 5.91 Å². The Morgan fingerprint density at radius 2 is 2.25 bits per heavy atom. The lowest BCUT2D eigenvalue weighted by molar-refractivity contribution is -0.153. The molecule has 7 atom stereocenters. The van der Waals surface area contributed by atoms with Crippen LogP contribution in [-0.2, 0) is 14.9 Å². The molecule has 24 heavy (non-hydrogen) atoms. The minimum absolute atomic E-state index is 0.00280. The number of amides is 1. The van der Waals surface area contributed by atoms with E-state index >= 15 is 0 Å². The Balaban J connectivity index is 1.69. The highest BCUT2D eigenvalue weighted by molar-refractivity contribution is 6.07. The lowest BCUT2D eigenvalue weighted by atomic mass is 9.51. The van der Waals surface area contributed by atoms with E-state index in [1.807, 2.05) is 12.1 Å². The van der Waals surface area contributed by atoms with E-state index in [1.165, 1.54) is 0 Å². The fraction of sp³-hybridized carbons (Fsp3) is 0.550. The summed E-state index contributed by atoms with van der Waals surface area (Å²) in [5, 5.41) is 3.18. The van der Waals surface area contributed by atoms with Crippen molar-refractivity contribution in [1.29, 1.82) is 0 Å². The number of piperidine rings is 1. The van der Waals surface area contributed by atoms with Gasteiger partial charge in [-0.25, -0.2) is 0 Å². The van der Waals surface area contributed by atoms with Gasteiger partial charge in [-0.1, -0.05) is 24.3 Å². The molecule has 1 spiro atoms. The van der Waals surface area contributed by atoms with Gasteiger partial charge in [0.25, 0.3) is 0 Å². The van der Waals surface area contributed by atoms with E-state index in [2.05, 4.69) is 42.1 Å². The van der Waals surface area contributed by atoms with E-state index in [1.54, 1.807) is 0 Å². The van der Waals surface area contributed by atoms with E-state index in [4.69, 9.17) is 4.74 Å². The zero-order valence-electron chi connectivity index (χ0n) is 13.9. The van der Waals surface area contributed by atoms with Crippen LogP contribution in [0.2, 0.25) is 0 Å². The molecule has 0 aromatic heterocycles. The second-order valence-corrected chi connectivity index (χ2v) is 8.40. The van der Waals surface area contributed by atoms with Crippen LogP contribution in [0.3, 0.4) is 0 Å². The van der Waals surface area contributed by atoms with Crippen molar-refractivity contribution >= 4 is 11.6 Å². The molecule has 2 saturated carbocycles. The molecule has 3 aliphatic heterocycles. The summed E-state index contributed by atoms with van der Waals surface area (Å²) in [4.78, 5) is 15.9. The summed E-state index contributed by atoms with van der Waals surface area (Å²) in [6, 6.07) is 8.64. The first kappa shape index (κ1) is 13.6. The summed E-state index contributed by atoms with van der Waals surface area (Å²) in [6.45, 7) is 6.06. The average molecular weight is 322 g/mol. The largest absolute Gasteiger partial charge is 0.376 e. The zero-order valence-corrected chi connectivity index (χ0v) is 13.9. The Bertz CT molecular complexity index is 792.